The molecule has 7 nitrogen and oxygen atoms in total. The van der Waals surface area contributed by atoms with Crippen molar-refractivity contribution in [3.63, 3.8) is 0 Å². The maximum Gasteiger partial charge on any atom is 0.273 e. The molecule has 3 aromatic heterocycles. The first-order valence-electron chi connectivity index (χ1n) is 13.7. The van der Waals surface area contributed by atoms with Crippen molar-refractivity contribution >= 4 is 40.6 Å². The summed E-state index contributed by atoms with van der Waals surface area (Å²) in [6, 6.07) is 18.2. The first kappa shape index (κ1) is 28.0. The third-order valence-corrected chi connectivity index (χ3v) is 8.69. The van der Waals surface area contributed by atoms with Crippen LogP contribution in [-0.2, 0) is 13.1 Å². The van der Waals surface area contributed by atoms with Crippen molar-refractivity contribution in [3.05, 3.63) is 104 Å². The molecule has 1 fully saturated rings. The fourth-order valence-corrected chi connectivity index (χ4v) is 6.30. The van der Waals surface area contributed by atoms with Crippen LogP contribution in [0.3, 0.4) is 0 Å². The normalized spacial score (nSPS) is 14.2. The molecule has 0 radical (unpaired) electrons. The number of piperazine rings is 1. The average molecular weight is 574 g/mol. The molecule has 208 valence electrons. The summed E-state index contributed by atoms with van der Waals surface area (Å²) in [5, 5.41) is 4.70. The minimum absolute atomic E-state index is 0.00497. The van der Waals surface area contributed by atoms with Crippen LogP contribution in [0, 0.1) is 0 Å². The number of nitrogens with zero attached hydrogens (tertiary/aromatic N) is 5. The summed E-state index contributed by atoms with van der Waals surface area (Å²) in [5.41, 5.74) is 2.78. The van der Waals surface area contributed by atoms with Crippen LogP contribution >= 0.6 is 22.7 Å². The van der Waals surface area contributed by atoms with E-state index in [1.807, 2.05) is 63.2 Å². The molecule has 40 heavy (non-hydrogen) atoms. The molecule has 1 aliphatic heterocycles. The Kier molecular flexibility index (Phi) is 9.59. The highest BCUT2D eigenvalue weighted by Gasteiger charge is 2.24. The fourth-order valence-electron chi connectivity index (χ4n) is 4.85. The van der Waals surface area contributed by atoms with Gasteiger partial charge in [-0.3, -0.25) is 14.5 Å². The summed E-state index contributed by atoms with van der Waals surface area (Å²) in [6.07, 6.45) is 7.25. The number of amides is 2. The van der Waals surface area contributed by atoms with Crippen LogP contribution in [-0.4, -0.2) is 75.3 Å². The molecule has 0 bridgehead atoms. The third-order valence-electron chi connectivity index (χ3n) is 7.00. The van der Waals surface area contributed by atoms with Crippen molar-refractivity contribution < 1.29 is 9.59 Å². The van der Waals surface area contributed by atoms with Gasteiger partial charge in [-0.15, -0.1) is 22.7 Å². The number of hydrogen-bond acceptors (Lipinski definition) is 6. The molecule has 2 amide bonds. The Balaban J connectivity index is 1.14. The predicted molar refractivity (Wildman–Crippen MR) is 163 cm³/mol. The summed E-state index contributed by atoms with van der Waals surface area (Å²) >= 11 is 2.99. The molecule has 1 saturated heterocycles. The van der Waals surface area contributed by atoms with E-state index in [9.17, 15) is 9.59 Å². The lowest BCUT2D eigenvalue weighted by atomic mass is 10.2. The number of benzene rings is 1. The number of rotatable bonds is 11. The molecule has 4 heterocycles. The minimum atomic E-state index is 0.00497. The predicted octanol–water partition coefficient (Wildman–Crippen LogP) is 5.58. The van der Waals surface area contributed by atoms with Gasteiger partial charge in [0.25, 0.3) is 11.8 Å². The van der Waals surface area contributed by atoms with Crippen molar-refractivity contribution in [2.45, 2.75) is 26.4 Å². The van der Waals surface area contributed by atoms with E-state index >= 15 is 0 Å². The van der Waals surface area contributed by atoms with Crippen molar-refractivity contribution in [1.82, 2.24) is 24.3 Å². The van der Waals surface area contributed by atoms with Gasteiger partial charge in [0.05, 0.1) is 18.0 Å². The summed E-state index contributed by atoms with van der Waals surface area (Å²) < 4.78 is 2.12. The fraction of sp³-hybridized carbons (Fsp3) is 0.323. The van der Waals surface area contributed by atoms with Gasteiger partial charge < -0.3 is 14.4 Å². The first-order chi connectivity index (χ1) is 19.6. The number of carbonyl (C=O) groups is 2. The second-order valence-corrected chi connectivity index (χ2v) is 11.8. The molecular weight excluding hydrogens is 539 g/mol. The molecule has 0 spiro atoms. The highest BCUT2D eigenvalue weighted by molar-refractivity contribution is 7.12. The maximum absolute atomic E-state index is 13.2. The lowest BCUT2D eigenvalue weighted by Gasteiger charge is -2.33. The molecule has 0 aliphatic carbocycles. The molecule has 0 saturated carbocycles. The van der Waals surface area contributed by atoms with Crippen LogP contribution in [0.15, 0.2) is 77.6 Å². The van der Waals surface area contributed by atoms with Crippen LogP contribution in [0.1, 0.15) is 49.8 Å². The van der Waals surface area contributed by atoms with Gasteiger partial charge >= 0.3 is 0 Å². The van der Waals surface area contributed by atoms with Crippen LogP contribution in [0.2, 0.25) is 0 Å². The second-order valence-electron chi connectivity index (χ2n) is 9.86. The minimum Gasteiger partial charge on any atom is -0.343 e. The Hall–Kier alpha value is -3.53. The zero-order chi connectivity index (χ0) is 27.7. The van der Waals surface area contributed by atoms with Crippen LogP contribution in [0.4, 0.5) is 0 Å². The molecule has 1 aliphatic rings. The molecule has 0 atom stereocenters. The van der Waals surface area contributed by atoms with Crippen LogP contribution in [0.25, 0.3) is 6.08 Å². The van der Waals surface area contributed by atoms with Crippen molar-refractivity contribution in [2.24, 2.45) is 0 Å². The van der Waals surface area contributed by atoms with Gasteiger partial charge in [0.1, 0.15) is 10.7 Å². The molecular formula is C31H35N5O2S2. The second kappa shape index (κ2) is 13.7. The zero-order valence-corrected chi connectivity index (χ0v) is 24.4. The maximum atomic E-state index is 13.2. The quantitative estimate of drug-likeness (QED) is 0.235. The lowest BCUT2D eigenvalue weighted by Crippen LogP contribution is -2.48. The van der Waals surface area contributed by atoms with Gasteiger partial charge in [0.2, 0.25) is 0 Å². The van der Waals surface area contributed by atoms with Gasteiger partial charge in [-0.05, 0) is 35.6 Å². The van der Waals surface area contributed by atoms with Crippen molar-refractivity contribution in [3.8, 4) is 0 Å². The van der Waals surface area contributed by atoms with E-state index in [2.05, 4.69) is 46.7 Å². The Morgan fingerprint density at radius 2 is 1.82 bits per heavy atom. The Labute approximate surface area is 244 Å². The third kappa shape index (κ3) is 7.15. The number of carbonyl (C=O) groups excluding carboxylic acids is 2. The summed E-state index contributed by atoms with van der Waals surface area (Å²) in [7, 11) is 0. The number of hydrogen-bond donors (Lipinski definition) is 0. The lowest BCUT2D eigenvalue weighted by molar-refractivity contribution is 0.0644. The standard InChI is InChI=1S/C31H35N5O2S2/c1-2-14-36(31(38)28-13-8-21-39-28)22-26-12-7-16-35(26)23-29-32-27(24-40-29)30(37)34-19-17-33(18-20-34)15-6-11-25-9-4-3-5-10-25/h3-13,16,21,24H,2,14-15,17-20,22-23H2,1H3/b11-6+. The van der Waals surface area contributed by atoms with Gasteiger partial charge in [0, 0.05) is 56.5 Å². The van der Waals surface area contributed by atoms with E-state index in [1.54, 1.807) is 0 Å². The van der Waals surface area contributed by atoms with E-state index in [0.717, 1.165) is 41.6 Å². The smallest absolute Gasteiger partial charge is 0.273 e. The molecule has 0 unspecified atom stereocenters. The Bertz CT molecular complexity index is 1400. The SMILES string of the molecule is CCCN(Cc1cccn1Cc1nc(C(=O)N2CCN(C/C=C/c3ccccc3)CC2)cs1)C(=O)c1cccs1. The monoisotopic (exact) mass is 573 g/mol. The highest BCUT2D eigenvalue weighted by Crippen LogP contribution is 2.19. The van der Waals surface area contributed by atoms with E-state index in [4.69, 9.17) is 4.98 Å². The summed E-state index contributed by atoms with van der Waals surface area (Å²) in [4.78, 5) is 37.9. The average Bonchev–Trinajstić information content (AvgIpc) is 3.77. The number of thiophene rings is 1. The zero-order valence-electron chi connectivity index (χ0n) is 22.8. The van der Waals surface area contributed by atoms with Gasteiger partial charge in [0.15, 0.2) is 0 Å². The molecule has 0 N–H and O–H groups in total. The highest BCUT2D eigenvalue weighted by atomic mass is 32.1. The van der Waals surface area contributed by atoms with E-state index in [0.29, 0.717) is 38.4 Å². The Morgan fingerprint density at radius 1 is 1.00 bits per heavy atom. The van der Waals surface area contributed by atoms with Gasteiger partial charge in [-0.2, -0.15) is 0 Å². The molecule has 5 rings (SSSR count). The van der Waals surface area contributed by atoms with Gasteiger partial charge in [-0.25, -0.2) is 4.98 Å². The van der Waals surface area contributed by atoms with Crippen molar-refractivity contribution in [2.75, 3.05) is 39.3 Å². The molecule has 1 aromatic carbocycles. The van der Waals surface area contributed by atoms with E-state index < -0.39 is 0 Å². The topological polar surface area (TPSA) is 61.7 Å². The largest absolute Gasteiger partial charge is 0.343 e. The number of aromatic nitrogens is 2. The Morgan fingerprint density at radius 3 is 2.58 bits per heavy atom. The first-order valence-corrected chi connectivity index (χ1v) is 15.5. The molecule has 9 heteroatoms. The summed E-state index contributed by atoms with van der Waals surface area (Å²) in [5.74, 6) is 0.0735. The number of thiazole rings is 1. The van der Waals surface area contributed by atoms with Crippen LogP contribution in [0.5, 0.6) is 0 Å². The van der Waals surface area contributed by atoms with Crippen LogP contribution < -0.4 is 0 Å². The van der Waals surface area contributed by atoms with E-state index in [1.165, 1.54) is 28.2 Å². The van der Waals surface area contributed by atoms with Gasteiger partial charge in [-0.1, -0.05) is 55.5 Å². The van der Waals surface area contributed by atoms with E-state index in [-0.39, 0.29) is 11.8 Å². The summed E-state index contributed by atoms with van der Waals surface area (Å²) in [6.45, 7) is 7.91. The molecule has 4 aromatic rings. The van der Waals surface area contributed by atoms with Crippen molar-refractivity contribution in [1.29, 1.82) is 0 Å².